The van der Waals surface area contributed by atoms with Crippen molar-refractivity contribution in [1.29, 1.82) is 0 Å². The Balaban J connectivity index is -0.0000000651. The molecule has 1 atom stereocenters. The molecule has 0 aliphatic carbocycles. The molecule has 92 valence electrons. The normalized spacial score (nSPS) is 10.5. The third-order valence-electron chi connectivity index (χ3n) is 2.29. The SMILES string of the molecule is C.C.CCC(C)C.CCCC(C)CC. The first-order valence-electron chi connectivity index (χ1n) is 5.58. The smallest absolute Gasteiger partial charge is 0.0446 e. The molecule has 1 unspecified atom stereocenters. The van der Waals surface area contributed by atoms with Gasteiger partial charge < -0.3 is 0 Å². The molecule has 0 heterocycles. The summed E-state index contributed by atoms with van der Waals surface area (Å²) in [6.45, 7) is 13.4. The van der Waals surface area contributed by atoms with Crippen LogP contribution in [0.1, 0.15) is 82.1 Å². The Morgan fingerprint density at radius 2 is 1.14 bits per heavy atom. The minimum atomic E-state index is 0. The minimum Gasteiger partial charge on any atom is -0.0776 e. The summed E-state index contributed by atoms with van der Waals surface area (Å²) >= 11 is 0. The van der Waals surface area contributed by atoms with Gasteiger partial charge in [0.2, 0.25) is 0 Å². The molecule has 0 spiro atoms. The van der Waals surface area contributed by atoms with Crippen LogP contribution >= 0.6 is 0 Å². The summed E-state index contributed by atoms with van der Waals surface area (Å²) in [4.78, 5) is 0. The predicted molar refractivity (Wildman–Crippen MR) is 73.0 cm³/mol. The van der Waals surface area contributed by atoms with Crippen molar-refractivity contribution < 1.29 is 0 Å². The van der Waals surface area contributed by atoms with Crippen LogP contribution in [0.15, 0.2) is 0 Å². The molecule has 0 amide bonds. The Kier molecular flexibility index (Phi) is 31.6. The van der Waals surface area contributed by atoms with Crippen molar-refractivity contribution in [2.75, 3.05) is 0 Å². The Morgan fingerprint density at radius 1 is 0.786 bits per heavy atom. The largest absolute Gasteiger partial charge is 0.0776 e. The van der Waals surface area contributed by atoms with Crippen LogP contribution in [-0.2, 0) is 0 Å². The summed E-state index contributed by atoms with van der Waals surface area (Å²) in [6.07, 6.45) is 5.39. The van der Waals surface area contributed by atoms with Crippen LogP contribution in [0.3, 0.4) is 0 Å². The fourth-order valence-corrected chi connectivity index (χ4v) is 0.697. The van der Waals surface area contributed by atoms with Gasteiger partial charge in [-0.2, -0.15) is 0 Å². The van der Waals surface area contributed by atoms with E-state index in [0.717, 1.165) is 11.8 Å². The van der Waals surface area contributed by atoms with Crippen LogP contribution in [-0.4, -0.2) is 0 Å². The molecule has 0 aromatic carbocycles. The van der Waals surface area contributed by atoms with E-state index in [1.54, 1.807) is 0 Å². The van der Waals surface area contributed by atoms with E-state index in [-0.39, 0.29) is 14.9 Å². The molecule has 0 heteroatoms. The Morgan fingerprint density at radius 3 is 1.21 bits per heavy atom. The van der Waals surface area contributed by atoms with E-state index in [4.69, 9.17) is 0 Å². The first kappa shape index (κ1) is 23.7. The number of rotatable bonds is 4. The molecular weight excluding hydrogens is 168 g/mol. The standard InChI is InChI=1S/C7H16.C5H12.2CH4/c1-4-6-7(3)5-2;1-4-5(2)3;;/h7H,4-6H2,1-3H3;5H,4H2,1-3H3;2*1H4. The van der Waals surface area contributed by atoms with Gasteiger partial charge in [-0.05, 0) is 11.8 Å². The van der Waals surface area contributed by atoms with Crippen LogP contribution in [0, 0.1) is 11.8 Å². The maximum Gasteiger partial charge on any atom is -0.0446 e. The van der Waals surface area contributed by atoms with Gasteiger partial charge in [-0.15, -0.1) is 0 Å². The van der Waals surface area contributed by atoms with Gasteiger partial charge in [0.1, 0.15) is 0 Å². The summed E-state index contributed by atoms with van der Waals surface area (Å²) < 4.78 is 0. The summed E-state index contributed by atoms with van der Waals surface area (Å²) in [5, 5.41) is 0. The second-order valence-electron chi connectivity index (χ2n) is 4.10. The van der Waals surface area contributed by atoms with Crippen LogP contribution in [0.25, 0.3) is 0 Å². The molecule has 0 fully saturated rings. The lowest BCUT2D eigenvalue weighted by molar-refractivity contribution is 0.509. The fraction of sp³-hybridized carbons (Fsp3) is 1.00. The molecule has 0 aliphatic heterocycles. The predicted octanol–water partition coefficient (Wildman–Crippen LogP) is 6.16. The van der Waals surface area contributed by atoms with Crippen molar-refractivity contribution in [2.45, 2.75) is 82.1 Å². The summed E-state index contributed by atoms with van der Waals surface area (Å²) in [5.74, 6) is 1.83. The first-order chi connectivity index (χ1) is 5.58. The van der Waals surface area contributed by atoms with Gasteiger partial charge in [0.15, 0.2) is 0 Å². The van der Waals surface area contributed by atoms with Gasteiger partial charge in [0.25, 0.3) is 0 Å². The zero-order valence-electron chi connectivity index (χ0n) is 9.98. The maximum absolute atomic E-state index is 2.31. The van der Waals surface area contributed by atoms with Gasteiger partial charge >= 0.3 is 0 Å². The average molecular weight is 204 g/mol. The highest BCUT2D eigenvalue weighted by atomic mass is 14.0. The van der Waals surface area contributed by atoms with E-state index in [1.807, 2.05) is 0 Å². The monoisotopic (exact) mass is 204 g/mol. The lowest BCUT2D eigenvalue weighted by atomic mass is 10.0. The minimum absolute atomic E-state index is 0. The van der Waals surface area contributed by atoms with Crippen molar-refractivity contribution >= 4 is 0 Å². The fourth-order valence-electron chi connectivity index (χ4n) is 0.697. The molecule has 0 N–H and O–H groups in total. The van der Waals surface area contributed by atoms with Crippen LogP contribution < -0.4 is 0 Å². The van der Waals surface area contributed by atoms with Crippen LogP contribution in [0.2, 0.25) is 0 Å². The molecule has 0 aliphatic rings. The average Bonchev–Trinajstić information content (AvgIpc) is 2.06. The highest BCUT2D eigenvalue weighted by Crippen LogP contribution is 2.07. The molecule has 0 aromatic rings. The topological polar surface area (TPSA) is 0 Å². The molecule has 0 nitrogen and oxygen atoms in total. The van der Waals surface area contributed by atoms with E-state index in [0.29, 0.717) is 0 Å². The quantitative estimate of drug-likeness (QED) is 0.514. The summed E-state index contributed by atoms with van der Waals surface area (Å²) in [6, 6.07) is 0. The van der Waals surface area contributed by atoms with E-state index in [1.165, 1.54) is 25.7 Å². The molecule has 14 heavy (non-hydrogen) atoms. The zero-order valence-corrected chi connectivity index (χ0v) is 9.98. The van der Waals surface area contributed by atoms with Gasteiger partial charge in [0.05, 0.1) is 0 Å². The molecule has 0 aromatic heterocycles. The Labute approximate surface area is 94.5 Å². The molecule has 0 saturated heterocycles. The van der Waals surface area contributed by atoms with Gasteiger partial charge in [-0.3, -0.25) is 0 Å². The molecule has 0 bridgehead atoms. The zero-order chi connectivity index (χ0) is 9.98. The van der Waals surface area contributed by atoms with Crippen LogP contribution in [0.5, 0.6) is 0 Å². The van der Waals surface area contributed by atoms with Gasteiger partial charge in [0, 0.05) is 0 Å². The third-order valence-corrected chi connectivity index (χ3v) is 2.29. The molecular formula is C14H36. The van der Waals surface area contributed by atoms with Crippen molar-refractivity contribution in [3.63, 3.8) is 0 Å². The second-order valence-corrected chi connectivity index (χ2v) is 4.10. The third kappa shape index (κ3) is 29.6. The van der Waals surface area contributed by atoms with E-state index in [2.05, 4.69) is 41.5 Å². The summed E-state index contributed by atoms with van der Waals surface area (Å²) in [7, 11) is 0. The van der Waals surface area contributed by atoms with Crippen molar-refractivity contribution in [1.82, 2.24) is 0 Å². The lowest BCUT2D eigenvalue weighted by Gasteiger charge is -2.02. The number of hydrogen-bond acceptors (Lipinski definition) is 0. The first-order valence-corrected chi connectivity index (χ1v) is 5.58. The van der Waals surface area contributed by atoms with E-state index < -0.39 is 0 Å². The molecule has 0 rings (SSSR count). The van der Waals surface area contributed by atoms with Gasteiger partial charge in [-0.1, -0.05) is 82.1 Å². The summed E-state index contributed by atoms with van der Waals surface area (Å²) in [5.41, 5.74) is 0. The lowest BCUT2D eigenvalue weighted by Crippen LogP contribution is -1.88. The van der Waals surface area contributed by atoms with Crippen LogP contribution in [0.4, 0.5) is 0 Å². The van der Waals surface area contributed by atoms with Crippen molar-refractivity contribution in [3.8, 4) is 0 Å². The van der Waals surface area contributed by atoms with E-state index in [9.17, 15) is 0 Å². The highest BCUT2D eigenvalue weighted by Gasteiger charge is 1.92. The Bertz CT molecular complexity index is 64.4. The molecule has 0 radical (unpaired) electrons. The highest BCUT2D eigenvalue weighted by molar-refractivity contribution is 4.45. The second kappa shape index (κ2) is 18.7. The Hall–Kier alpha value is 0. The van der Waals surface area contributed by atoms with E-state index >= 15 is 0 Å². The van der Waals surface area contributed by atoms with Crippen molar-refractivity contribution in [3.05, 3.63) is 0 Å². The molecule has 0 saturated carbocycles. The maximum atomic E-state index is 2.31. The van der Waals surface area contributed by atoms with Gasteiger partial charge in [-0.25, -0.2) is 0 Å². The number of hydrogen-bond donors (Lipinski definition) is 0. The van der Waals surface area contributed by atoms with Crippen molar-refractivity contribution in [2.24, 2.45) is 11.8 Å².